The van der Waals surface area contributed by atoms with Gasteiger partial charge in [-0.2, -0.15) is 0 Å². The Bertz CT molecular complexity index is 512. The van der Waals surface area contributed by atoms with E-state index < -0.39 is 0 Å². The molecule has 1 aromatic rings. The lowest BCUT2D eigenvalue weighted by Gasteiger charge is -2.37. The van der Waals surface area contributed by atoms with Gasteiger partial charge in [0, 0.05) is 17.9 Å². The third-order valence-electron chi connectivity index (χ3n) is 4.23. The number of benzene rings is 1. The molecule has 16 heavy (non-hydrogen) atoms. The maximum atomic E-state index is 2.53. The van der Waals surface area contributed by atoms with Crippen molar-refractivity contribution in [3.05, 3.63) is 53.8 Å². The lowest BCUT2D eigenvalue weighted by atomic mass is 9.72. The Balaban J connectivity index is 2.06. The molecule has 0 saturated carbocycles. The highest BCUT2D eigenvalue weighted by molar-refractivity contribution is 5.74. The minimum Gasteiger partial charge on any atom is -0.344 e. The number of hydrogen-bond donors (Lipinski definition) is 0. The second kappa shape index (κ2) is 2.79. The molecule has 1 saturated heterocycles. The maximum absolute atomic E-state index is 2.53. The minimum absolute atomic E-state index is 0.229. The van der Waals surface area contributed by atoms with E-state index in [1.165, 1.54) is 30.6 Å². The van der Waals surface area contributed by atoms with Crippen LogP contribution in [0.25, 0.3) is 0 Å². The Morgan fingerprint density at radius 2 is 2.12 bits per heavy atom. The summed E-state index contributed by atoms with van der Waals surface area (Å²) in [6, 6.07) is 8.92. The lowest BCUT2D eigenvalue weighted by molar-refractivity contribution is 0.502. The molecule has 1 unspecified atom stereocenters. The summed E-state index contributed by atoms with van der Waals surface area (Å²) in [7, 11) is 0. The van der Waals surface area contributed by atoms with Crippen LogP contribution in [0.3, 0.4) is 0 Å². The first-order chi connectivity index (χ1) is 7.92. The third-order valence-corrected chi connectivity index (χ3v) is 4.23. The van der Waals surface area contributed by atoms with E-state index in [-0.39, 0.29) is 5.41 Å². The molecule has 1 atom stereocenters. The van der Waals surface area contributed by atoms with Gasteiger partial charge in [-0.1, -0.05) is 36.4 Å². The van der Waals surface area contributed by atoms with E-state index >= 15 is 0 Å². The first kappa shape index (κ1) is 8.63. The van der Waals surface area contributed by atoms with Crippen molar-refractivity contribution in [3.8, 4) is 0 Å². The first-order valence-electron chi connectivity index (χ1n) is 6.17. The van der Waals surface area contributed by atoms with Gasteiger partial charge in [-0.25, -0.2) is 0 Å². The third kappa shape index (κ3) is 0.835. The number of anilines is 1. The molecular weight excluding hydrogens is 194 g/mol. The van der Waals surface area contributed by atoms with E-state index in [2.05, 4.69) is 47.4 Å². The van der Waals surface area contributed by atoms with E-state index in [4.69, 9.17) is 0 Å². The van der Waals surface area contributed by atoms with Crippen molar-refractivity contribution in [2.45, 2.75) is 24.7 Å². The smallest absolute Gasteiger partial charge is 0.0552 e. The SMILES string of the molecule is C1=CC23CCCN(C2=CC1)c1ccccc13. The molecule has 1 nitrogen and oxygen atoms in total. The largest absolute Gasteiger partial charge is 0.344 e. The van der Waals surface area contributed by atoms with E-state index in [9.17, 15) is 0 Å². The Kier molecular flexibility index (Phi) is 1.50. The van der Waals surface area contributed by atoms with E-state index in [0.29, 0.717) is 0 Å². The van der Waals surface area contributed by atoms with Crippen LogP contribution >= 0.6 is 0 Å². The molecule has 0 spiro atoms. The van der Waals surface area contributed by atoms with Crippen LogP contribution in [0.4, 0.5) is 5.69 Å². The summed E-state index contributed by atoms with van der Waals surface area (Å²) < 4.78 is 0. The second-order valence-electron chi connectivity index (χ2n) is 4.97. The molecule has 2 bridgehead atoms. The molecule has 1 fully saturated rings. The highest BCUT2D eigenvalue weighted by atomic mass is 15.2. The van der Waals surface area contributed by atoms with Crippen molar-refractivity contribution in [1.82, 2.24) is 0 Å². The molecule has 2 aliphatic heterocycles. The number of fused-ring (bicyclic) bond motifs is 2. The topological polar surface area (TPSA) is 3.24 Å². The minimum atomic E-state index is 0.229. The van der Waals surface area contributed by atoms with Crippen molar-refractivity contribution in [2.75, 3.05) is 11.4 Å². The van der Waals surface area contributed by atoms with Gasteiger partial charge in [-0.3, -0.25) is 0 Å². The van der Waals surface area contributed by atoms with Crippen LogP contribution in [-0.2, 0) is 5.41 Å². The van der Waals surface area contributed by atoms with Crippen LogP contribution in [0.1, 0.15) is 24.8 Å². The van der Waals surface area contributed by atoms with Gasteiger partial charge in [-0.05, 0) is 30.9 Å². The molecule has 1 aliphatic carbocycles. The Morgan fingerprint density at radius 1 is 1.19 bits per heavy atom. The zero-order valence-electron chi connectivity index (χ0n) is 9.32. The van der Waals surface area contributed by atoms with E-state index in [1.54, 1.807) is 5.70 Å². The number of rotatable bonds is 0. The predicted octanol–water partition coefficient (Wildman–Crippen LogP) is 3.38. The second-order valence-corrected chi connectivity index (χ2v) is 4.97. The molecule has 0 radical (unpaired) electrons. The summed E-state index contributed by atoms with van der Waals surface area (Å²) in [6.07, 6.45) is 10.9. The molecule has 0 aromatic heterocycles. The molecule has 0 N–H and O–H groups in total. The van der Waals surface area contributed by atoms with E-state index in [0.717, 1.165) is 6.42 Å². The van der Waals surface area contributed by atoms with Gasteiger partial charge < -0.3 is 4.90 Å². The fraction of sp³-hybridized carbons (Fsp3) is 0.333. The van der Waals surface area contributed by atoms with Crippen LogP contribution < -0.4 is 4.90 Å². The summed E-state index contributed by atoms with van der Waals surface area (Å²) in [5.41, 5.74) is 4.74. The van der Waals surface area contributed by atoms with Gasteiger partial charge in [0.1, 0.15) is 0 Å². The molecule has 3 aliphatic rings. The van der Waals surface area contributed by atoms with Crippen LogP contribution in [0.15, 0.2) is 48.2 Å². The number of nitrogens with zero attached hydrogens (tertiary/aromatic N) is 1. The molecule has 2 heterocycles. The van der Waals surface area contributed by atoms with Crippen LogP contribution in [0.2, 0.25) is 0 Å². The number of allylic oxidation sites excluding steroid dienone is 3. The van der Waals surface area contributed by atoms with Crippen molar-refractivity contribution in [1.29, 1.82) is 0 Å². The fourth-order valence-electron chi connectivity index (χ4n) is 3.61. The predicted molar refractivity (Wildman–Crippen MR) is 66.5 cm³/mol. The number of piperidine rings is 1. The van der Waals surface area contributed by atoms with Crippen molar-refractivity contribution < 1.29 is 0 Å². The maximum Gasteiger partial charge on any atom is 0.0552 e. The zero-order chi connectivity index (χ0) is 10.6. The van der Waals surface area contributed by atoms with Crippen LogP contribution in [0, 0.1) is 0 Å². The summed E-state index contributed by atoms with van der Waals surface area (Å²) in [4.78, 5) is 2.53. The van der Waals surface area contributed by atoms with Crippen LogP contribution in [0.5, 0.6) is 0 Å². The Labute approximate surface area is 96.1 Å². The standard InChI is InChI=1S/C15H15N/c1-2-7-13-12(6-1)15-9-4-3-8-14(15)16(13)11-5-10-15/h1-2,4,6-9H,3,5,10-11H2. The van der Waals surface area contributed by atoms with Gasteiger partial charge in [0.05, 0.1) is 5.41 Å². The highest BCUT2D eigenvalue weighted by Crippen LogP contribution is 2.55. The number of para-hydroxylation sites is 1. The normalized spacial score (nSPS) is 29.8. The molecule has 4 rings (SSSR count). The van der Waals surface area contributed by atoms with Crippen LogP contribution in [-0.4, -0.2) is 6.54 Å². The summed E-state index contributed by atoms with van der Waals surface area (Å²) in [5, 5.41) is 0. The van der Waals surface area contributed by atoms with E-state index in [1.807, 2.05) is 0 Å². The lowest BCUT2D eigenvalue weighted by Crippen LogP contribution is -2.36. The van der Waals surface area contributed by atoms with Gasteiger partial charge in [0.25, 0.3) is 0 Å². The molecule has 1 heteroatoms. The average molecular weight is 209 g/mol. The van der Waals surface area contributed by atoms with Crippen molar-refractivity contribution in [3.63, 3.8) is 0 Å². The Morgan fingerprint density at radius 3 is 3.12 bits per heavy atom. The Hall–Kier alpha value is -1.50. The van der Waals surface area contributed by atoms with Gasteiger partial charge in [0.2, 0.25) is 0 Å². The number of hydrogen-bond acceptors (Lipinski definition) is 1. The van der Waals surface area contributed by atoms with Crippen molar-refractivity contribution in [2.24, 2.45) is 0 Å². The molecule has 1 aromatic carbocycles. The van der Waals surface area contributed by atoms with Gasteiger partial charge in [0.15, 0.2) is 0 Å². The quantitative estimate of drug-likeness (QED) is 0.592. The molecule has 80 valence electrons. The average Bonchev–Trinajstić information content (AvgIpc) is 2.54. The van der Waals surface area contributed by atoms with Gasteiger partial charge >= 0.3 is 0 Å². The van der Waals surface area contributed by atoms with Gasteiger partial charge in [-0.15, -0.1) is 0 Å². The summed E-state index contributed by atoms with van der Waals surface area (Å²) in [5.74, 6) is 0. The zero-order valence-corrected chi connectivity index (χ0v) is 9.32. The summed E-state index contributed by atoms with van der Waals surface area (Å²) >= 11 is 0. The highest BCUT2D eigenvalue weighted by Gasteiger charge is 2.47. The fourth-order valence-corrected chi connectivity index (χ4v) is 3.61. The monoisotopic (exact) mass is 209 g/mol. The van der Waals surface area contributed by atoms with Crippen molar-refractivity contribution >= 4 is 5.69 Å². The first-order valence-corrected chi connectivity index (χ1v) is 6.17. The summed E-state index contributed by atoms with van der Waals surface area (Å²) in [6.45, 7) is 1.19. The molecule has 0 amide bonds. The molecular formula is C15H15N.